The number of para-hydroxylation sites is 1. The molecule has 1 aromatic heterocycles. The molecule has 0 saturated carbocycles. The van der Waals surface area contributed by atoms with Crippen molar-refractivity contribution in [3.8, 4) is 0 Å². The van der Waals surface area contributed by atoms with E-state index in [0.717, 1.165) is 22.8 Å². The molecular formula is C15H20N2OS. The molecule has 19 heavy (non-hydrogen) atoms. The second-order valence-electron chi connectivity index (χ2n) is 4.74. The van der Waals surface area contributed by atoms with Crippen molar-refractivity contribution >= 4 is 28.5 Å². The number of hydrogen-bond donors (Lipinski definition) is 2. The largest absolute Gasteiger partial charge is 0.396 e. The van der Waals surface area contributed by atoms with Crippen LogP contribution in [0.25, 0.3) is 10.9 Å². The van der Waals surface area contributed by atoms with Crippen molar-refractivity contribution < 1.29 is 5.11 Å². The fourth-order valence-corrected chi connectivity index (χ4v) is 2.97. The van der Waals surface area contributed by atoms with E-state index in [4.69, 9.17) is 5.11 Å². The van der Waals surface area contributed by atoms with Crippen LogP contribution in [0.2, 0.25) is 0 Å². The number of nitrogens with zero attached hydrogens (tertiary/aromatic N) is 1. The molecule has 2 aromatic rings. The number of pyridine rings is 1. The van der Waals surface area contributed by atoms with Gasteiger partial charge in [-0.05, 0) is 23.8 Å². The van der Waals surface area contributed by atoms with Gasteiger partial charge < -0.3 is 10.4 Å². The number of anilines is 1. The van der Waals surface area contributed by atoms with E-state index >= 15 is 0 Å². The van der Waals surface area contributed by atoms with E-state index in [9.17, 15) is 0 Å². The van der Waals surface area contributed by atoms with Crippen LogP contribution in [0.3, 0.4) is 0 Å². The fraction of sp³-hybridized carbons (Fsp3) is 0.400. The van der Waals surface area contributed by atoms with Crippen molar-refractivity contribution in [2.45, 2.75) is 12.7 Å². The zero-order valence-corrected chi connectivity index (χ0v) is 12.2. The summed E-state index contributed by atoms with van der Waals surface area (Å²) in [4.78, 5) is 4.64. The molecule has 0 bridgehead atoms. The first kappa shape index (κ1) is 14.2. The van der Waals surface area contributed by atoms with Gasteiger partial charge >= 0.3 is 0 Å². The summed E-state index contributed by atoms with van der Waals surface area (Å²) in [7, 11) is 1.90. The minimum absolute atomic E-state index is 0.252. The van der Waals surface area contributed by atoms with E-state index in [1.165, 1.54) is 10.9 Å². The first-order valence-corrected chi connectivity index (χ1v) is 7.65. The Hall–Kier alpha value is -1.26. The minimum atomic E-state index is 0.252. The molecule has 2 N–H and O–H groups in total. The van der Waals surface area contributed by atoms with Crippen LogP contribution in [0.4, 0.5) is 5.82 Å². The molecule has 1 unspecified atom stereocenters. The number of aliphatic hydroxyl groups is 1. The SMILES string of the molecule is CNc1nc2ccccc2cc1CSCC(C)CO. The lowest BCUT2D eigenvalue weighted by Gasteiger charge is -2.11. The molecule has 2 rings (SSSR count). The average molecular weight is 276 g/mol. The first-order valence-electron chi connectivity index (χ1n) is 6.49. The molecule has 1 aromatic carbocycles. The standard InChI is InChI=1S/C15H20N2OS/c1-11(8-18)9-19-10-13-7-12-5-3-4-6-14(12)17-15(13)16-2/h3-7,11,18H,8-10H2,1-2H3,(H,16,17). The first-order chi connectivity index (χ1) is 9.24. The molecule has 4 heteroatoms. The molecule has 0 aliphatic heterocycles. The molecular weight excluding hydrogens is 256 g/mol. The smallest absolute Gasteiger partial charge is 0.130 e. The number of fused-ring (bicyclic) bond motifs is 1. The van der Waals surface area contributed by atoms with Gasteiger partial charge in [-0.15, -0.1) is 0 Å². The molecule has 0 aliphatic rings. The predicted octanol–water partition coefficient (Wildman–Crippen LogP) is 3.14. The summed E-state index contributed by atoms with van der Waals surface area (Å²) >= 11 is 1.84. The Labute approximate surface area is 118 Å². The van der Waals surface area contributed by atoms with Gasteiger partial charge in [0.15, 0.2) is 0 Å². The maximum absolute atomic E-state index is 9.04. The minimum Gasteiger partial charge on any atom is -0.396 e. The highest BCUT2D eigenvalue weighted by atomic mass is 32.2. The molecule has 0 radical (unpaired) electrons. The molecule has 1 heterocycles. The summed E-state index contributed by atoms with van der Waals surface area (Å²) < 4.78 is 0. The third-order valence-corrected chi connectivity index (χ3v) is 4.33. The quantitative estimate of drug-likeness (QED) is 0.851. The highest BCUT2D eigenvalue weighted by Crippen LogP contribution is 2.24. The van der Waals surface area contributed by atoms with Crippen LogP contribution in [0, 0.1) is 5.92 Å². The van der Waals surface area contributed by atoms with Crippen molar-refractivity contribution in [2.75, 3.05) is 24.7 Å². The summed E-state index contributed by atoms with van der Waals surface area (Å²) in [5, 5.41) is 13.4. The van der Waals surface area contributed by atoms with Crippen molar-refractivity contribution in [1.29, 1.82) is 0 Å². The van der Waals surface area contributed by atoms with Crippen molar-refractivity contribution in [3.05, 3.63) is 35.9 Å². The second-order valence-corrected chi connectivity index (χ2v) is 5.77. The molecule has 0 fully saturated rings. The summed E-state index contributed by atoms with van der Waals surface area (Å²) in [5.41, 5.74) is 2.24. The van der Waals surface area contributed by atoms with E-state index in [1.807, 2.05) is 37.0 Å². The zero-order valence-electron chi connectivity index (χ0n) is 11.4. The number of aliphatic hydroxyl groups excluding tert-OH is 1. The van der Waals surface area contributed by atoms with E-state index in [0.29, 0.717) is 5.92 Å². The molecule has 0 aliphatic carbocycles. The summed E-state index contributed by atoms with van der Waals surface area (Å²) in [6.45, 7) is 2.31. The Balaban J connectivity index is 2.16. The number of nitrogens with one attached hydrogen (secondary N) is 1. The van der Waals surface area contributed by atoms with Crippen molar-refractivity contribution in [1.82, 2.24) is 4.98 Å². The Morgan fingerprint density at radius 1 is 1.37 bits per heavy atom. The Kier molecular flexibility index (Phi) is 5.05. The van der Waals surface area contributed by atoms with Crippen LogP contribution in [0.15, 0.2) is 30.3 Å². The predicted molar refractivity (Wildman–Crippen MR) is 83.7 cm³/mol. The van der Waals surface area contributed by atoms with E-state index in [1.54, 1.807) is 0 Å². The lowest BCUT2D eigenvalue weighted by molar-refractivity contribution is 0.250. The lowest BCUT2D eigenvalue weighted by Crippen LogP contribution is -2.04. The van der Waals surface area contributed by atoms with Gasteiger partial charge in [-0.2, -0.15) is 11.8 Å². The van der Waals surface area contributed by atoms with Crippen LogP contribution >= 0.6 is 11.8 Å². The number of aromatic nitrogens is 1. The van der Waals surface area contributed by atoms with E-state index in [2.05, 4.69) is 29.4 Å². The van der Waals surface area contributed by atoms with Gasteiger partial charge in [-0.1, -0.05) is 25.1 Å². The van der Waals surface area contributed by atoms with Crippen LogP contribution in [0.5, 0.6) is 0 Å². The normalized spacial score (nSPS) is 12.6. The van der Waals surface area contributed by atoms with Gasteiger partial charge in [-0.3, -0.25) is 0 Å². The summed E-state index contributed by atoms with van der Waals surface area (Å²) in [6, 6.07) is 10.4. The average Bonchev–Trinajstić information content (AvgIpc) is 2.46. The monoisotopic (exact) mass is 276 g/mol. The highest BCUT2D eigenvalue weighted by Gasteiger charge is 2.07. The van der Waals surface area contributed by atoms with E-state index < -0.39 is 0 Å². The Morgan fingerprint density at radius 3 is 2.89 bits per heavy atom. The number of thioether (sulfide) groups is 1. The number of benzene rings is 1. The molecule has 0 spiro atoms. The molecule has 0 saturated heterocycles. The summed E-state index contributed by atoms with van der Waals surface area (Å²) in [5.74, 6) is 3.17. The van der Waals surface area contributed by atoms with Crippen LogP contribution in [-0.4, -0.2) is 29.5 Å². The van der Waals surface area contributed by atoms with Gasteiger partial charge in [0.05, 0.1) is 5.52 Å². The van der Waals surface area contributed by atoms with Gasteiger partial charge in [0.2, 0.25) is 0 Å². The molecule has 0 amide bonds. The lowest BCUT2D eigenvalue weighted by atomic mass is 10.1. The maximum atomic E-state index is 9.04. The summed E-state index contributed by atoms with van der Waals surface area (Å²) in [6.07, 6.45) is 0. The van der Waals surface area contributed by atoms with E-state index in [-0.39, 0.29) is 6.61 Å². The molecule has 1 atom stereocenters. The molecule has 3 nitrogen and oxygen atoms in total. The van der Waals surface area contributed by atoms with Crippen LogP contribution < -0.4 is 5.32 Å². The zero-order chi connectivity index (χ0) is 13.7. The third kappa shape index (κ3) is 3.61. The third-order valence-electron chi connectivity index (χ3n) is 3.01. The molecule has 102 valence electrons. The van der Waals surface area contributed by atoms with Gasteiger partial charge in [0, 0.05) is 30.4 Å². The second kappa shape index (κ2) is 6.78. The Bertz CT molecular complexity index is 545. The highest BCUT2D eigenvalue weighted by molar-refractivity contribution is 7.98. The van der Waals surface area contributed by atoms with Crippen LogP contribution in [0.1, 0.15) is 12.5 Å². The maximum Gasteiger partial charge on any atom is 0.130 e. The van der Waals surface area contributed by atoms with Gasteiger partial charge in [-0.25, -0.2) is 4.98 Å². The van der Waals surface area contributed by atoms with Gasteiger partial charge in [0.1, 0.15) is 5.82 Å². The Morgan fingerprint density at radius 2 is 2.16 bits per heavy atom. The fourth-order valence-electron chi connectivity index (χ4n) is 1.91. The number of hydrogen-bond acceptors (Lipinski definition) is 4. The van der Waals surface area contributed by atoms with Crippen molar-refractivity contribution in [2.24, 2.45) is 5.92 Å². The van der Waals surface area contributed by atoms with Crippen LogP contribution in [-0.2, 0) is 5.75 Å². The van der Waals surface area contributed by atoms with Gasteiger partial charge in [0.25, 0.3) is 0 Å². The number of rotatable bonds is 6. The van der Waals surface area contributed by atoms with Crippen molar-refractivity contribution in [3.63, 3.8) is 0 Å². The topological polar surface area (TPSA) is 45.2 Å².